The van der Waals surface area contributed by atoms with Crippen LogP contribution in [0.5, 0.6) is 0 Å². The molecule has 0 aliphatic heterocycles. The van der Waals surface area contributed by atoms with Gasteiger partial charge in [-0.2, -0.15) is 4.39 Å². The highest BCUT2D eigenvalue weighted by Gasteiger charge is 2.21. The second kappa shape index (κ2) is 27.8. The number of aryl methyl sites for hydroxylation is 2. The lowest BCUT2D eigenvalue weighted by atomic mass is 9.86. The maximum absolute atomic E-state index is 14.3. The van der Waals surface area contributed by atoms with E-state index in [1.165, 1.54) is 11.6 Å². The first-order valence-electron chi connectivity index (χ1n) is 18.4. The molecule has 0 saturated heterocycles. The molecule has 3 aromatic rings. The van der Waals surface area contributed by atoms with Crippen LogP contribution in [0.3, 0.4) is 0 Å². The van der Waals surface area contributed by atoms with Crippen LogP contribution in [0.25, 0.3) is 17.0 Å². The van der Waals surface area contributed by atoms with Gasteiger partial charge in [-0.15, -0.1) is 0 Å². The SMILES string of the molecule is CC.CC.CC.NC=O.[B]CCC(CN/C(=C\C)c1cc(C)c(N)c(C=NCCC)c1)c1cc(C(C)CC)c(C)c(-c2cc(F)ncc2C)n1. The Balaban J connectivity index is 0. The second-order valence-corrected chi connectivity index (χ2v) is 11.1. The van der Waals surface area contributed by atoms with Crippen LogP contribution in [0.1, 0.15) is 139 Å². The average Bonchev–Trinajstić information content (AvgIpc) is 3.13. The number of carbonyl (C=O) groups excluding carboxylic acids is 1. The first-order chi connectivity index (χ1) is 24.1. The molecule has 0 aliphatic rings. The van der Waals surface area contributed by atoms with Gasteiger partial charge in [0, 0.05) is 65.7 Å². The number of aliphatic imine (C=N–C) groups is 1. The van der Waals surface area contributed by atoms with Crippen molar-refractivity contribution in [2.75, 3.05) is 18.8 Å². The summed E-state index contributed by atoms with van der Waals surface area (Å²) in [6, 6.07) is 7.92. The number of allylic oxidation sites excluding steroid dienone is 1. The number of nitrogens with two attached hydrogens (primary N) is 2. The summed E-state index contributed by atoms with van der Waals surface area (Å²) in [7, 11) is 6.12. The number of nitrogens with one attached hydrogen (secondary N) is 1. The second-order valence-electron chi connectivity index (χ2n) is 11.1. The molecule has 1 aromatic carbocycles. The Kier molecular flexibility index (Phi) is 26.7. The van der Waals surface area contributed by atoms with Gasteiger partial charge < -0.3 is 16.8 Å². The molecule has 50 heavy (non-hydrogen) atoms. The molecule has 276 valence electrons. The lowest BCUT2D eigenvalue weighted by Gasteiger charge is -2.24. The van der Waals surface area contributed by atoms with Gasteiger partial charge in [0.1, 0.15) is 0 Å². The van der Waals surface area contributed by atoms with E-state index < -0.39 is 5.95 Å². The van der Waals surface area contributed by atoms with Gasteiger partial charge in [-0.3, -0.25) is 14.8 Å². The monoisotopic (exact) mass is 689 g/mol. The summed E-state index contributed by atoms with van der Waals surface area (Å²) in [5.41, 5.74) is 21.1. The Hall–Kier alpha value is -4.01. The van der Waals surface area contributed by atoms with Gasteiger partial charge in [0.2, 0.25) is 12.4 Å². The molecule has 0 bridgehead atoms. The lowest BCUT2D eigenvalue weighted by Crippen LogP contribution is -2.22. The third-order valence-corrected chi connectivity index (χ3v) is 7.87. The van der Waals surface area contributed by atoms with Gasteiger partial charge in [-0.05, 0) is 92.5 Å². The van der Waals surface area contributed by atoms with Crippen LogP contribution in [-0.4, -0.2) is 43.5 Å². The molecule has 2 radical (unpaired) electrons. The fourth-order valence-electron chi connectivity index (χ4n) is 5.15. The third kappa shape index (κ3) is 14.9. The van der Waals surface area contributed by atoms with Gasteiger partial charge in [0.05, 0.1) is 13.5 Å². The number of hydrogen-bond acceptors (Lipinski definition) is 6. The standard InChI is InChI=1S/C34H45BFN5.3C2H6.CH3NO/c1-8-13-38-19-27-15-26(14-22(5)33(27)37)30(10-3)39-20-25(11-12-35)31-16-28(21(4)9-2)24(7)34(41-31)29-17-32(36)40-18-23(29)6;3*1-2;2-1-3/h10,14-19,21,25,39H,8-9,11-13,20,37H2,1-7H3;3*1-2H3;1H,(H2,2,3)/b30-10-,38-19?;;;;. The third-order valence-electron chi connectivity index (χ3n) is 7.87. The number of carbonyl (C=O) groups is 1. The number of aromatic nitrogens is 2. The molecule has 0 aliphatic carbocycles. The highest BCUT2D eigenvalue weighted by Crippen LogP contribution is 2.35. The van der Waals surface area contributed by atoms with E-state index in [-0.39, 0.29) is 12.3 Å². The number of primary amides is 1. The molecule has 3 rings (SSSR count). The normalized spacial score (nSPS) is 11.7. The van der Waals surface area contributed by atoms with E-state index in [0.717, 1.165) is 82.0 Å². The van der Waals surface area contributed by atoms with Gasteiger partial charge in [-0.25, -0.2) is 4.98 Å². The topological polar surface area (TPSA) is 119 Å². The maximum atomic E-state index is 14.3. The Bertz CT molecular complexity index is 1460. The van der Waals surface area contributed by atoms with Crippen molar-refractivity contribution in [3.63, 3.8) is 0 Å². The Morgan fingerprint density at radius 2 is 1.66 bits per heavy atom. The van der Waals surface area contributed by atoms with E-state index in [2.05, 4.69) is 73.0 Å². The van der Waals surface area contributed by atoms with Crippen LogP contribution in [0.15, 0.2) is 41.5 Å². The van der Waals surface area contributed by atoms with Crippen molar-refractivity contribution in [2.24, 2.45) is 10.7 Å². The maximum Gasteiger partial charge on any atom is 0.213 e. The number of anilines is 1. The molecule has 0 spiro atoms. The summed E-state index contributed by atoms with van der Waals surface area (Å²) in [4.78, 5) is 22.1. The summed E-state index contributed by atoms with van der Waals surface area (Å²) in [5.74, 6) is -0.103. The van der Waals surface area contributed by atoms with E-state index in [0.29, 0.717) is 18.8 Å². The average molecular weight is 689 g/mol. The molecule has 5 N–H and O–H groups in total. The number of halogens is 1. The Labute approximate surface area is 305 Å². The highest BCUT2D eigenvalue weighted by molar-refractivity contribution is 6.08. The zero-order chi connectivity index (χ0) is 38.8. The minimum Gasteiger partial charge on any atom is -0.398 e. The van der Waals surface area contributed by atoms with Crippen molar-refractivity contribution >= 4 is 31.9 Å². The smallest absolute Gasteiger partial charge is 0.213 e. The zero-order valence-electron chi connectivity index (χ0n) is 33.4. The summed E-state index contributed by atoms with van der Waals surface area (Å²) < 4.78 is 14.3. The van der Waals surface area contributed by atoms with Crippen LogP contribution in [0.4, 0.5) is 10.1 Å². The summed E-state index contributed by atoms with van der Waals surface area (Å²) in [6.07, 6.45) is 9.06. The number of benzene rings is 1. The van der Waals surface area contributed by atoms with Crippen molar-refractivity contribution in [3.05, 3.63) is 81.6 Å². The van der Waals surface area contributed by atoms with E-state index in [1.54, 1.807) is 6.20 Å². The molecule has 0 fully saturated rings. The number of nitrogen functional groups attached to an aromatic ring is 1. The number of rotatable bonds is 13. The summed E-state index contributed by atoms with van der Waals surface area (Å²) in [5, 5.41) is 3.68. The fraction of sp³-hybridized carbons (Fsp3) is 0.512. The molecule has 2 unspecified atom stereocenters. The van der Waals surface area contributed by atoms with Crippen LogP contribution in [0.2, 0.25) is 6.32 Å². The molecular weight excluding hydrogens is 622 g/mol. The van der Waals surface area contributed by atoms with Crippen LogP contribution in [0, 0.1) is 26.7 Å². The molecule has 0 saturated carbocycles. The summed E-state index contributed by atoms with van der Waals surface area (Å²) in [6.45, 7) is 28.0. The van der Waals surface area contributed by atoms with E-state index in [1.807, 2.05) is 68.5 Å². The fourth-order valence-corrected chi connectivity index (χ4v) is 5.15. The predicted octanol–water partition coefficient (Wildman–Crippen LogP) is 10.0. The van der Waals surface area contributed by atoms with E-state index >= 15 is 0 Å². The molecule has 9 heteroatoms. The number of hydrogen-bond donors (Lipinski definition) is 3. The number of amides is 1. The van der Waals surface area contributed by atoms with Crippen molar-refractivity contribution in [3.8, 4) is 11.3 Å². The lowest BCUT2D eigenvalue weighted by molar-refractivity contribution is -0.106. The largest absolute Gasteiger partial charge is 0.398 e. The van der Waals surface area contributed by atoms with Crippen molar-refractivity contribution in [1.29, 1.82) is 0 Å². The first-order valence-corrected chi connectivity index (χ1v) is 18.4. The van der Waals surface area contributed by atoms with Gasteiger partial charge >= 0.3 is 0 Å². The first kappa shape index (κ1) is 48.1. The quantitative estimate of drug-likeness (QED) is 0.0543. The Morgan fingerprint density at radius 3 is 2.20 bits per heavy atom. The molecule has 7 nitrogen and oxygen atoms in total. The Morgan fingerprint density at radius 1 is 1.04 bits per heavy atom. The molecule has 2 heterocycles. The van der Waals surface area contributed by atoms with Crippen LogP contribution < -0.4 is 16.8 Å². The van der Waals surface area contributed by atoms with Crippen LogP contribution >= 0.6 is 0 Å². The molecular formula is C41H66BFN6O. The molecule has 2 aromatic heterocycles. The molecule has 1 amide bonds. The van der Waals surface area contributed by atoms with Gasteiger partial charge in [0.15, 0.2) is 0 Å². The highest BCUT2D eigenvalue weighted by atomic mass is 19.1. The van der Waals surface area contributed by atoms with Crippen molar-refractivity contribution < 1.29 is 9.18 Å². The zero-order valence-corrected chi connectivity index (χ0v) is 33.4. The summed E-state index contributed by atoms with van der Waals surface area (Å²) >= 11 is 0. The van der Waals surface area contributed by atoms with Crippen molar-refractivity contribution in [1.82, 2.24) is 15.3 Å². The number of nitrogens with zero attached hydrogens (tertiary/aromatic N) is 3. The van der Waals surface area contributed by atoms with E-state index in [4.69, 9.17) is 23.4 Å². The minimum atomic E-state index is -0.502. The van der Waals surface area contributed by atoms with Gasteiger partial charge in [0.25, 0.3) is 0 Å². The number of pyridine rings is 2. The van der Waals surface area contributed by atoms with Gasteiger partial charge in [-0.1, -0.05) is 81.1 Å². The molecule has 2 atom stereocenters. The van der Waals surface area contributed by atoms with Crippen LogP contribution in [-0.2, 0) is 4.79 Å². The minimum absolute atomic E-state index is 0.0598. The predicted molar refractivity (Wildman–Crippen MR) is 218 cm³/mol. The van der Waals surface area contributed by atoms with Crippen molar-refractivity contribution in [2.45, 2.75) is 127 Å². The van der Waals surface area contributed by atoms with E-state index in [9.17, 15) is 4.39 Å².